The maximum atomic E-state index is 5.39. The number of benzene rings is 1. The molecule has 0 aromatic heterocycles. The lowest BCUT2D eigenvalue weighted by Crippen LogP contribution is -2.43. The van der Waals surface area contributed by atoms with Gasteiger partial charge in [-0.15, -0.1) is 0 Å². The molecule has 4 heteroatoms. The van der Waals surface area contributed by atoms with Crippen molar-refractivity contribution in [2.45, 2.75) is 30.6 Å². The molecular formula is C14H19NO2S. The first-order chi connectivity index (χ1) is 8.81. The Morgan fingerprint density at radius 3 is 2.83 bits per heavy atom. The number of nitrogens with one attached hydrogen (secondary N) is 1. The molecule has 1 aromatic rings. The molecule has 3 nitrogen and oxygen atoms in total. The molecule has 1 heterocycles. The Hall–Kier alpha value is -0.870. The zero-order valence-corrected chi connectivity index (χ0v) is 11.5. The van der Waals surface area contributed by atoms with Gasteiger partial charge in [-0.25, -0.2) is 0 Å². The van der Waals surface area contributed by atoms with Crippen LogP contribution in [0.5, 0.6) is 11.5 Å². The highest BCUT2D eigenvalue weighted by molar-refractivity contribution is 8.00. The van der Waals surface area contributed by atoms with Gasteiger partial charge in [0.2, 0.25) is 6.79 Å². The summed E-state index contributed by atoms with van der Waals surface area (Å²) in [5.74, 6) is 1.73. The van der Waals surface area contributed by atoms with E-state index >= 15 is 0 Å². The van der Waals surface area contributed by atoms with E-state index in [0.717, 1.165) is 24.6 Å². The minimum absolute atomic E-state index is 0.349. The first kappa shape index (κ1) is 12.2. The molecule has 1 aliphatic heterocycles. The van der Waals surface area contributed by atoms with Gasteiger partial charge in [0.15, 0.2) is 11.5 Å². The molecule has 1 aromatic carbocycles. The third-order valence-electron chi connectivity index (χ3n) is 3.91. The normalized spacial score (nSPS) is 19.6. The lowest BCUT2D eigenvalue weighted by Gasteiger charge is -2.40. The Morgan fingerprint density at radius 2 is 2.11 bits per heavy atom. The van der Waals surface area contributed by atoms with E-state index in [1.54, 1.807) is 0 Å². The van der Waals surface area contributed by atoms with E-state index in [1.807, 2.05) is 17.8 Å². The molecule has 0 radical (unpaired) electrons. The van der Waals surface area contributed by atoms with Crippen LogP contribution in [0.15, 0.2) is 18.2 Å². The SMILES string of the molecule is CSC1(CNCc2ccc3c(c2)OCO3)CCC1. The van der Waals surface area contributed by atoms with Crippen molar-refractivity contribution in [2.75, 3.05) is 19.6 Å². The fraction of sp³-hybridized carbons (Fsp3) is 0.571. The van der Waals surface area contributed by atoms with Crippen LogP contribution in [0.2, 0.25) is 0 Å². The van der Waals surface area contributed by atoms with Crippen LogP contribution in [0.25, 0.3) is 0 Å². The fourth-order valence-corrected chi connectivity index (χ4v) is 3.45. The first-order valence-electron chi connectivity index (χ1n) is 6.46. The molecule has 0 spiro atoms. The van der Waals surface area contributed by atoms with Gasteiger partial charge in [-0.2, -0.15) is 11.8 Å². The Kier molecular flexibility index (Phi) is 3.39. The summed E-state index contributed by atoms with van der Waals surface area (Å²) in [4.78, 5) is 0. The number of ether oxygens (including phenoxy) is 2. The fourth-order valence-electron chi connectivity index (χ4n) is 2.51. The lowest BCUT2D eigenvalue weighted by atomic mass is 9.84. The predicted molar refractivity (Wildman–Crippen MR) is 74.4 cm³/mol. The Labute approximate surface area is 112 Å². The topological polar surface area (TPSA) is 30.5 Å². The van der Waals surface area contributed by atoms with E-state index in [9.17, 15) is 0 Å². The van der Waals surface area contributed by atoms with Crippen molar-refractivity contribution in [3.8, 4) is 11.5 Å². The number of rotatable bonds is 5. The van der Waals surface area contributed by atoms with Crippen LogP contribution in [0, 0.1) is 0 Å². The quantitative estimate of drug-likeness (QED) is 0.887. The Bertz CT molecular complexity index is 426. The lowest BCUT2D eigenvalue weighted by molar-refractivity contribution is 0.174. The molecule has 0 amide bonds. The monoisotopic (exact) mass is 265 g/mol. The van der Waals surface area contributed by atoms with Crippen LogP contribution in [-0.4, -0.2) is 24.3 Å². The van der Waals surface area contributed by atoms with Gasteiger partial charge < -0.3 is 14.8 Å². The summed E-state index contributed by atoms with van der Waals surface area (Å²) in [7, 11) is 0. The molecule has 0 bridgehead atoms. The number of hydrogen-bond donors (Lipinski definition) is 1. The number of hydrogen-bond acceptors (Lipinski definition) is 4. The largest absolute Gasteiger partial charge is 0.454 e. The van der Waals surface area contributed by atoms with E-state index in [1.165, 1.54) is 24.8 Å². The molecule has 18 heavy (non-hydrogen) atoms. The molecule has 1 saturated carbocycles. The van der Waals surface area contributed by atoms with E-state index < -0.39 is 0 Å². The zero-order chi connectivity index (χ0) is 12.4. The standard InChI is InChI=1S/C14H19NO2S/c1-18-14(5-2-6-14)9-15-8-11-3-4-12-13(7-11)17-10-16-12/h3-4,7,15H,2,5-6,8-10H2,1H3. The Morgan fingerprint density at radius 1 is 1.28 bits per heavy atom. The minimum atomic E-state index is 0.349. The van der Waals surface area contributed by atoms with Crippen molar-refractivity contribution >= 4 is 11.8 Å². The summed E-state index contributed by atoms with van der Waals surface area (Å²) in [5, 5.41) is 3.57. The highest BCUT2D eigenvalue weighted by atomic mass is 32.2. The molecule has 1 fully saturated rings. The maximum Gasteiger partial charge on any atom is 0.231 e. The van der Waals surface area contributed by atoms with Gasteiger partial charge >= 0.3 is 0 Å². The molecule has 0 atom stereocenters. The van der Waals surface area contributed by atoms with Crippen molar-refractivity contribution in [3.63, 3.8) is 0 Å². The summed E-state index contributed by atoms with van der Waals surface area (Å²) in [6, 6.07) is 6.17. The van der Waals surface area contributed by atoms with Gasteiger partial charge in [0.25, 0.3) is 0 Å². The van der Waals surface area contributed by atoms with Crippen molar-refractivity contribution in [3.05, 3.63) is 23.8 Å². The second-order valence-corrected chi connectivity index (χ2v) is 6.31. The van der Waals surface area contributed by atoms with E-state index in [-0.39, 0.29) is 0 Å². The Balaban J connectivity index is 1.54. The molecule has 0 saturated heterocycles. The van der Waals surface area contributed by atoms with Gasteiger partial charge in [0, 0.05) is 17.8 Å². The molecule has 1 N–H and O–H groups in total. The molecule has 98 valence electrons. The van der Waals surface area contributed by atoms with Crippen molar-refractivity contribution in [1.82, 2.24) is 5.32 Å². The van der Waals surface area contributed by atoms with Gasteiger partial charge in [0.1, 0.15) is 0 Å². The second-order valence-electron chi connectivity index (χ2n) is 5.03. The summed E-state index contributed by atoms with van der Waals surface area (Å²) in [6.45, 7) is 2.35. The maximum absolute atomic E-state index is 5.39. The molecule has 2 aliphatic rings. The van der Waals surface area contributed by atoms with E-state index in [0.29, 0.717) is 11.5 Å². The summed E-state index contributed by atoms with van der Waals surface area (Å²) >= 11 is 2.01. The molecular weight excluding hydrogens is 246 g/mol. The van der Waals surface area contributed by atoms with Gasteiger partial charge in [-0.05, 0) is 36.8 Å². The van der Waals surface area contributed by atoms with Crippen LogP contribution >= 0.6 is 11.8 Å². The summed E-state index contributed by atoms with van der Waals surface area (Å²) in [6.07, 6.45) is 6.30. The van der Waals surface area contributed by atoms with Crippen LogP contribution in [0.3, 0.4) is 0 Å². The van der Waals surface area contributed by atoms with Gasteiger partial charge in [-0.1, -0.05) is 12.5 Å². The number of fused-ring (bicyclic) bond motifs is 1. The second kappa shape index (κ2) is 5.02. The number of thioether (sulfide) groups is 1. The van der Waals surface area contributed by atoms with Crippen molar-refractivity contribution < 1.29 is 9.47 Å². The highest BCUT2D eigenvalue weighted by Gasteiger charge is 2.35. The smallest absolute Gasteiger partial charge is 0.231 e. The average Bonchev–Trinajstić information content (AvgIpc) is 2.80. The third-order valence-corrected chi connectivity index (χ3v) is 5.33. The van der Waals surface area contributed by atoms with E-state index in [4.69, 9.17) is 9.47 Å². The summed E-state index contributed by atoms with van der Waals surface area (Å²) < 4.78 is 11.2. The highest BCUT2D eigenvalue weighted by Crippen LogP contribution is 2.42. The zero-order valence-electron chi connectivity index (χ0n) is 10.7. The van der Waals surface area contributed by atoms with Crippen molar-refractivity contribution in [1.29, 1.82) is 0 Å². The predicted octanol–water partition coefficient (Wildman–Crippen LogP) is 2.79. The first-order valence-corrected chi connectivity index (χ1v) is 7.68. The van der Waals surface area contributed by atoms with Crippen molar-refractivity contribution in [2.24, 2.45) is 0 Å². The summed E-state index contributed by atoms with van der Waals surface area (Å²) in [5.41, 5.74) is 1.26. The van der Waals surface area contributed by atoms with E-state index in [2.05, 4.69) is 23.7 Å². The van der Waals surface area contributed by atoms with Crippen LogP contribution in [0.1, 0.15) is 24.8 Å². The van der Waals surface area contributed by atoms with Gasteiger partial charge in [0.05, 0.1) is 0 Å². The molecule has 1 aliphatic carbocycles. The van der Waals surface area contributed by atoms with Crippen LogP contribution < -0.4 is 14.8 Å². The molecule has 3 rings (SSSR count). The van der Waals surface area contributed by atoms with Crippen LogP contribution in [0.4, 0.5) is 0 Å². The van der Waals surface area contributed by atoms with Gasteiger partial charge in [-0.3, -0.25) is 0 Å². The minimum Gasteiger partial charge on any atom is -0.454 e. The third kappa shape index (κ3) is 2.31. The van der Waals surface area contributed by atoms with Crippen LogP contribution in [-0.2, 0) is 6.54 Å². The average molecular weight is 265 g/mol. The molecule has 0 unspecified atom stereocenters.